The molecule has 0 N–H and O–H groups in total. The van der Waals surface area contributed by atoms with Gasteiger partial charge in [0.05, 0.1) is 0 Å². The number of unbranched alkanes of at least 4 members (excludes halogenated alkanes) is 1. The maximum Gasteiger partial charge on any atom is -0.0324 e. The molecule has 5 aliphatic rings. The fraction of sp³-hybridized carbons (Fsp3) is 1.00. The molecule has 0 aromatic carbocycles. The van der Waals surface area contributed by atoms with Crippen LogP contribution in [0.2, 0.25) is 0 Å². The number of hydrogen-bond acceptors (Lipinski definition) is 0. The molecule has 0 aromatic rings. The molecule has 0 aliphatic heterocycles. The minimum Gasteiger partial charge on any atom is -0.0654 e. The lowest BCUT2D eigenvalue weighted by Crippen LogP contribution is -2.41. The average molecular weight is 485 g/mol. The van der Waals surface area contributed by atoms with Crippen LogP contribution in [0.5, 0.6) is 0 Å². The van der Waals surface area contributed by atoms with Crippen molar-refractivity contribution in [1.29, 1.82) is 0 Å². The third kappa shape index (κ3) is 6.72. The summed E-state index contributed by atoms with van der Waals surface area (Å²) in [6, 6.07) is 0. The van der Waals surface area contributed by atoms with Gasteiger partial charge in [-0.3, -0.25) is 0 Å². The highest BCUT2D eigenvalue weighted by Gasteiger charge is 2.47. The van der Waals surface area contributed by atoms with E-state index in [9.17, 15) is 0 Å². The summed E-state index contributed by atoms with van der Waals surface area (Å²) in [7, 11) is 0. The zero-order valence-electron chi connectivity index (χ0n) is 24.9. The average Bonchev–Trinajstić information content (AvgIpc) is 3.42. The lowest BCUT2D eigenvalue weighted by Gasteiger charge is -2.49. The first kappa shape index (κ1) is 28.0. The van der Waals surface area contributed by atoms with E-state index in [-0.39, 0.29) is 0 Å². The molecule has 0 spiro atoms. The minimum atomic E-state index is 0.976. The van der Waals surface area contributed by atoms with E-state index in [0.29, 0.717) is 0 Å². The molecule has 0 saturated heterocycles. The van der Waals surface area contributed by atoms with Gasteiger partial charge in [-0.25, -0.2) is 0 Å². The topological polar surface area (TPSA) is 0 Å². The van der Waals surface area contributed by atoms with Gasteiger partial charge in [-0.1, -0.05) is 112 Å². The molecule has 9 atom stereocenters. The van der Waals surface area contributed by atoms with Gasteiger partial charge < -0.3 is 0 Å². The molecule has 0 heteroatoms. The van der Waals surface area contributed by atoms with Gasteiger partial charge in [0.15, 0.2) is 0 Å². The molecule has 9 unspecified atom stereocenters. The van der Waals surface area contributed by atoms with Crippen molar-refractivity contribution in [2.45, 2.75) is 151 Å². The van der Waals surface area contributed by atoms with Crippen LogP contribution in [-0.2, 0) is 0 Å². The Morgan fingerprint density at radius 2 is 1.20 bits per heavy atom. The normalized spacial score (nSPS) is 46.6. The quantitative estimate of drug-likeness (QED) is 0.364. The molecule has 0 aromatic heterocycles. The van der Waals surface area contributed by atoms with Crippen molar-refractivity contribution in [1.82, 2.24) is 0 Å². The van der Waals surface area contributed by atoms with E-state index in [1.54, 1.807) is 44.9 Å². The Hall–Kier alpha value is 0. The van der Waals surface area contributed by atoms with E-state index >= 15 is 0 Å². The van der Waals surface area contributed by atoms with Crippen LogP contribution in [0.3, 0.4) is 0 Å². The summed E-state index contributed by atoms with van der Waals surface area (Å²) < 4.78 is 0. The van der Waals surface area contributed by atoms with Crippen molar-refractivity contribution < 1.29 is 0 Å². The summed E-state index contributed by atoms with van der Waals surface area (Å²) in [5.74, 6) is 12.7. The second-order valence-corrected chi connectivity index (χ2v) is 15.0. The Morgan fingerprint density at radius 3 is 1.83 bits per heavy atom. The number of rotatable bonds is 5. The first-order valence-corrected chi connectivity index (χ1v) is 16.9. The standard InChI is InChI=1S/C20H36.C15H28/c1-3-4-12-18-15(2)14-17-11-8-13-19(17)20(18)16-9-6-5-7-10-16;1-10-5-7-14(8-6-10)15-12(3)9-11(2)13(15)4/h15-20H,3-14H2,1-2H3;10-15H,5-9H2,1-4H3. The molecule has 5 rings (SSSR count). The Labute approximate surface area is 221 Å². The maximum atomic E-state index is 2.60. The molecular formula is C35H64. The van der Waals surface area contributed by atoms with Crippen LogP contribution in [0.15, 0.2) is 0 Å². The lowest BCUT2D eigenvalue weighted by molar-refractivity contribution is 0.00254. The van der Waals surface area contributed by atoms with Gasteiger partial charge in [0.1, 0.15) is 0 Å². The van der Waals surface area contributed by atoms with Gasteiger partial charge in [0.25, 0.3) is 0 Å². The minimum absolute atomic E-state index is 0.976. The molecule has 204 valence electrons. The van der Waals surface area contributed by atoms with Crippen molar-refractivity contribution in [3.8, 4) is 0 Å². The van der Waals surface area contributed by atoms with Crippen LogP contribution in [0.1, 0.15) is 151 Å². The van der Waals surface area contributed by atoms with E-state index in [1.165, 1.54) is 64.2 Å². The van der Waals surface area contributed by atoms with Crippen LogP contribution in [0.25, 0.3) is 0 Å². The summed E-state index contributed by atoms with van der Waals surface area (Å²) in [6.07, 6.45) is 25.9. The number of fused-ring (bicyclic) bond motifs is 1. The monoisotopic (exact) mass is 485 g/mol. The zero-order valence-corrected chi connectivity index (χ0v) is 24.9. The van der Waals surface area contributed by atoms with Crippen molar-refractivity contribution in [3.05, 3.63) is 0 Å². The molecule has 5 fully saturated rings. The van der Waals surface area contributed by atoms with Crippen molar-refractivity contribution in [2.24, 2.45) is 71.0 Å². The van der Waals surface area contributed by atoms with Crippen molar-refractivity contribution >= 4 is 0 Å². The predicted molar refractivity (Wildman–Crippen MR) is 154 cm³/mol. The number of hydrogen-bond donors (Lipinski definition) is 0. The van der Waals surface area contributed by atoms with Gasteiger partial charge >= 0.3 is 0 Å². The van der Waals surface area contributed by atoms with Gasteiger partial charge in [-0.15, -0.1) is 0 Å². The van der Waals surface area contributed by atoms with E-state index < -0.39 is 0 Å². The highest BCUT2D eigenvalue weighted by molar-refractivity contribution is 4.96. The summed E-state index contributed by atoms with van der Waals surface area (Å²) in [5.41, 5.74) is 0. The smallest absolute Gasteiger partial charge is 0.0324 e. The van der Waals surface area contributed by atoms with Crippen molar-refractivity contribution in [2.75, 3.05) is 0 Å². The molecule has 0 bridgehead atoms. The molecular weight excluding hydrogens is 420 g/mol. The Kier molecular flexibility index (Phi) is 10.6. The fourth-order valence-electron chi connectivity index (χ4n) is 10.8. The predicted octanol–water partition coefficient (Wildman–Crippen LogP) is 11.2. The fourth-order valence-corrected chi connectivity index (χ4v) is 10.8. The Bertz CT molecular complexity index is 593. The molecule has 0 heterocycles. The van der Waals surface area contributed by atoms with Crippen LogP contribution >= 0.6 is 0 Å². The summed E-state index contributed by atoms with van der Waals surface area (Å²) in [6.45, 7) is 14.9. The SMILES string of the molecule is CC1CCC(C2C(C)CC(C)C2C)CC1.CCCCC1C(C)CC2CCCC2C1C1CCCCC1. The first-order valence-electron chi connectivity index (χ1n) is 16.9. The van der Waals surface area contributed by atoms with E-state index in [1.807, 2.05) is 0 Å². The van der Waals surface area contributed by atoms with Crippen LogP contribution in [0, 0.1) is 71.0 Å². The highest BCUT2D eigenvalue weighted by Crippen LogP contribution is 2.56. The van der Waals surface area contributed by atoms with Crippen LogP contribution < -0.4 is 0 Å². The summed E-state index contributed by atoms with van der Waals surface area (Å²) in [4.78, 5) is 0. The molecule has 5 aliphatic carbocycles. The third-order valence-electron chi connectivity index (χ3n) is 12.7. The van der Waals surface area contributed by atoms with Gasteiger partial charge in [0, 0.05) is 0 Å². The van der Waals surface area contributed by atoms with Gasteiger partial charge in [-0.2, -0.15) is 0 Å². The second-order valence-electron chi connectivity index (χ2n) is 15.0. The largest absolute Gasteiger partial charge is 0.0654 e. The maximum absolute atomic E-state index is 2.60. The second kappa shape index (κ2) is 13.2. The van der Waals surface area contributed by atoms with E-state index in [4.69, 9.17) is 0 Å². The first-order chi connectivity index (χ1) is 16.9. The highest BCUT2D eigenvalue weighted by atomic mass is 14.5. The molecule has 0 nitrogen and oxygen atoms in total. The van der Waals surface area contributed by atoms with Crippen LogP contribution in [-0.4, -0.2) is 0 Å². The molecule has 0 amide bonds. The molecule has 0 radical (unpaired) electrons. The molecule has 35 heavy (non-hydrogen) atoms. The van der Waals surface area contributed by atoms with E-state index in [2.05, 4.69) is 41.5 Å². The zero-order chi connectivity index (χ0) is 24.9. The van der Waals surface area contributed by atoms with Gasteiger partial charge in [0.2, 0.25) is 0 Å². The molecule has 5 saturated carbocycles. The van der Waals surface area contributed by atoms with Crippen LogP contribution in [0.4, 0.5) is 0 Å². The lowest BCUT2D eigenvalue weighted by atomic mass is 9.56. The third-order valence-corrected chi connectivity index (χ3v) is 12.7. The van der Waals surface area contributed by atoms with Crippen molar-refractivity contribution in [3.63, 3.8) is 0 Å². The van der Waals surface area contributed by atoms with E-state index in [0.717, 1.165) is 71.0 Å². The van der Waals surface area contributed by atoms with Gasteiger partial charge in [-0.05, 0) is 110 Å². The summed E-state index contributed by atoms with van der Waals surface area (Å²) in [5, 5.41) is 0. The Morgan fingerprint density at radius 1 is 0.543 bits per heavy atom. The Balaban J connectivity index is 0.000000172. The summed E-state index contributed by atoms with van der Waals surface area (Å²) >= 11 is 0.